The standard InChI is InChI=1S/C20H25N3O2.ClH/c1-4-20(2,3)23-19(25)15-7-11-17(12-8-15)22-18(24)13-14-5-9-16(21)10-6-14;/h5-12H,4,13,21H2,1-3H3,(H,22,24)(H,23,25);1H. The maximum atomic E-state index is 12.2. The fourth-order valence-corrected chi connectivity index (χ4v) is 2.20. The molecule has 2 rings (SSSR count). The molecule has 0 aromatic heterocycles. The van der Waals surface area contributed by atoms with Crippen LogP contribution in [0.2, 0.25) is 0 Å². The van der Waals surface area contributed by atoms with Gasteiger partial charge in [0.15, 0.2) is 0 Å². The first-order valence-electron chi connectivity index (χ1n) is 8.36. The average molecular weight is 376 g/mol. The summed E-state index contributed by atoms with van der Waals surface area (Å²) < 4.78 is 0. The molecule has 5 nitrogen and oxygen atoms in total. The Morgan fingerprint density at radius 3 is 2.12 bits per heavy atom. The SMILES string of the molecule is CCC(C)(C)NC(=O)c1ccc(NC(=O)Cc2ccc(N)cc2)cc1.Cl. The van der Waals surface area contributed by atoms with Crippen LogP contribution in [0.4, 0.5) is 11.4 Å². The summed E-state index contributed by atoms with van der Waals surface area (Å²) in [5.41, 5.74) is 8.18. The third-order valence-electron chi connectivity index (χ3n) is 4.11. The second-order valence-corrected chi connectivity index (χ2v) is 6.74. The minimum atomic E-state index is -0.247. The van der Waals surface area contributed by atoms with Crippen molar-refractivity contribution in [3.8, 4) is 0 Å². The van der Waals surface area contributed by atoms with Crippen LogP contribution in [0.3, 0.4) is 0 Å². The van der Waals surface area contributed by atoms with Crippen molar-refractivity contribution in [2.75, 3.05) is 11.1 Å². The highest BCUT2D eigenvalue weighted by atomic mass is 35.5. The number of anilines is 2. The number of nitrogens with two attached hydrogens (primary N) is 1. The molecule has 2 amide bonds. The van der Waals surface area contributed by atoms with Crippen LogP contribution in [-0.2, 0) is 11.2 Å². The van der Waals surface area contributed by atoms with Crippen molar-refractivity contribution < 1.29 is 9.59 Å². The van der Waals surface area contributed by atoms with Crippen molar-refractivity contribution in [3.05, 3.63) is 59.7 Å². The minimum Gasteiger partial charge on any atom is -0.399 e. The molecule has 0 atom stereocenters. The lowest BCUT2D eigenvalue weighted by molar-refractivity contribution is -0.115. The van der Waals surface area contributed by atoms with Gasteiger partial charge in [0.05, 0.1) is 6.42 Å². The Hall–Kier alpha value is -2.53. The van der Waals surface area contributed by atoms with Crippen LogP contribution in [0.1, 0.15) is 43.1 Å². The Kier molecular flexibility index (Phi) is 7.65. The van der Waals surface area contributed by atoms with E-state index in [1.54, 1.807) is 36.4 Å². The van der Waals surface area contributed by atoms with E-state index in [2.05, 4.69) is 10.6 Å². The number of benzene rings is 2. The molecular formula is C20H26ClN3O2. The molecule has 4 N–H and O–H groups in total. The molecule has 0 aliphatic carbocycles. The number of nitrogen functional groups attached to an aromatic ring is 1. The highest BCUT2D eigenvalue weighted by Crippen LogP contribution is 2.13. The first-order chi connectivity index (χ1) is 11.8. The summed E-state index contributed by atoms with van der Waals surface area (Å²) >= 11 is 0. The minimum absolute atomic E-state index is 0. The fraction of sp³-hybridized carbons (Fsp3) is 0.300. The van der Waals surface area contributed by atoms with E-state index < -0.39 is 0 Å². The van der Waals surface area contributed by atoms with Crippen molar-refractivity contribution >= 4 is 35.6 Å². The summed E-state index contributed by atoms with van der Waals surface area (Å²) in [6, 6.07) is 14.1. The summed E-state index contributed by atoms with van der Waals surface area (Å²) in [5.74, 6) is -0.235. The number of hydrogen-bond donors (Lipinski definition) is 3. The Bertz CT molecular complexity index is 741. The van der Waals surface area contributed by atoms with E-state index in [1.807, 2.05) is 32.9 Å². The van der Waals surface area contributed by atoms with Gasteiger partial charge >= 0.3 is 0 Å². The molecule has 140 valence electrons. The largest absolute Gasteiger partial charge is 0.399 e. The summed E-state index contributed by atoms with van der Waals surface area (Å²) in [7, 11) is 0. The van der Waals surface area contributed by atoms with Crippen LogP contribution in [0.15, 0.2) is 48.5 Å². The van der Waals surface area contributed by atoms with Crippen molar-refractivity contribution in [3.63, 3.8) is 0 Å². The monoisotopic (exact) mass is 375 g/mol. The molecule has 2 aromatic rings. The number of carbonyl (C=O) groups excluding carboxylic acids is 2. The molecule has 26 heavy (non-hydrogen) atoms. The number of amides is 2. The lowest BCUT2D eigenvalue weighted by Gasteiger charge is -2.24. The van der Waals surface area contributed by atoms with Gasteiger partial charge in [0, 0.05) is 22.5 Å². The Morgan fingerprint density at radius 1 is 1.00 bits per heavy atom. The molecular weight excluding hydrogens is 350 g/mol. The maximum Gasteiger partial charge on any atom is 0.251 e. The van der Waals surface area contributed by atoms with E-state index in [0.717, 1.165) is 12.0 Å². The van der Waals surface area contributed by atoms with Crippen molar-refractivity contribution in [1.29, 1.82) is 0 Å². The lowest BCUT2D eigenvalue weighted by atomic mass is 10.0. The Morgan fingerprint density at radius 2 is 1.58 bits per heavy atom. The quantitative estimate of drug-likeness (QED) is 0.671. The van der Waals surface area contributed by atoms with Gasteiger partial charge in [0.1, 0.15) is 0 Å². The average Bonchev–Trinajstić information content (AvgIpc) is 2.57. The third-order valence-corrected chi connectivity index (χ3v) is 4.11. The molecule has 0 radical (unpaired) electrons. The fourth-order valence-electron chi connectivity index (χ4n) is 2.20. The second-order valence-electron chi connectivity index (χ2n) is 6.74. The van der Waals surface area contributed by atoms with Gasteiger partial charge in [-0.1, -0.05) is 19.1 Å². The van der Waals surface area contributed by atoms with E-state index in [0.29, 0.717) is 16.9 Å². The molecule has 0 aliphatic rings. The number of hydrogen-bond acceptors (Lipinski definition) is 3. The molecule has 6 heteroatoms. The highest BCUT2D eigenvalue weighted by Gasteiger charge is 2.18. The number of rotatable bonds is 6. The zero-order chi connectivity index (χ0) is 18.4. The molecule has 0 saturated carbocycles. The van der Waals surface area contributed by atoms with Crippen LogP contribution < -0.4 is 16.4 Å². The van der Waals surface area contributed by atoms with Gasteiger partial charge in [-0.15, -0.1) is 12.4 Å². The molecule has 0 saturated heterocycles. The van der Waals surface area contributed by atoms with Crippen LogP contribution >= 0.6 is 12.4 Å². The van der Waals surface area contributed by atoms with E-state index in [-0.39, 0.29) is 36.2 Å². The van der Waals surface area contributed by atoms with Gasteiger partial charge in [-0.3, -0.25) is 9.59 Å². The zero-order valence-corrected chi connectivity index (χ0v) is 16.2. The maximum absolute atomic E-state index is 12.2. The summed E-state index contributed by atoms with van der Waals surface area (Å²) in [4.78, 5) is 24.3. The highest BCUT2D eigenvalue weighted by molar-refractivity contribution is 5.96. The van der Waals surface area contributed by atoms with Crippen molar-refractivity contribution in [2.45, 2.75) is 39.2 Å². The lowest BCUT2D eigenvalue weighted by Crippen LogP contribution is -2.42. The van der Waals surface area contributed by atoms with Crippen molar-refractivity contribution in [2.24, 2.45) is 0 Å². The second kappa shape index (κ2) is 9.25. The Balaban J connectivity index is 0.00000338. The first-order valence-corrected chi connectivity index (χ1v) is 8.36. The predicted molar refractivity (Wildman–Crippen MR) is 109 cm³/mol. The molecule has 0 unspecified atom stereocenters. The van der Waals surface area contributed by atoms with Gasteiger partial charge in [-0.25, -0.2) is 0 Å². The Labute approximate surface area is 160 Å². The van der Waals surface area contributed by atoms with E-state index >= 15 is 0 Å². The smallest absolute Gasteiger partial charge is 0.251 e. The number of halogens is 1. The number of nitrogens with one attached hydrogen (secondary N) is 2. The molecule has 0 spiro atoms. The topological polar surface area (TPSA) is 84.2 Å². The van der Waals surface area contributed by atoms with Gasteiger partial charge in [0.25, 0.3) is 5.91 Å². The van der Waals surface area contributed by atoms with E-state index in [1.165, 1.54) is 0 Å². The van der Waals surface area contributed by atoms with Crippen LogP contribution in [-0.4, -0.2) is 17.4 Å². The van der Waals surface area contributed by atoms with Crippen LogP contribution in [0.5, 0.6) is 0 Å². The van der Waals surface area contributed by atoms with Crippen LogP contribution in [0, 0.1) is 0 Å². The normalized spacial score (nSPS) is 10.6. The summed E-state index contributed by atoms with van der Waals surface area (Å²) in [5, 5.41) is 5.81. The molecule has 0 aliphatic heterocycles. The van der Waals surface area contributed by atoms with E-state index in [9.17, 15) is 9.59 Å². The zero-order valence-electron chi connectivity index (χ0n) is 15.3. The van der Waals surface area contributed by atoms with Crippen LogP contribution in [0.25, 0.3) is 0 Å². The van der Waals surface area contributed by atoms with Gasteiger partial charge < -0.3 is 16.4 Å². The van der Waals surface area contributed by atoms with Gasteiger partial charge in [0.2, 0.25) is 5.91 Å². The number of carbonyl (C=O) groups is 2. The third kappa shape index (κ3) is 6.41. The van der Waals surface area contributed by atoms with Gasteiger partial charge in [-0.2, -0.15) is 0 Å². The van der Waals surface area contributed by atoms with E-state index in [4.69, 9.17) is 5.73 Å². The van der Waals surface area contributed by atoms with Gasteiger partial charge in [-0.05, 0) is 62.2 Å². The van der Waals surface area contributed by atoms with Crippen molar-refractivity contribution in [1.82, 2.24) is 5.32 Å². The molecule has 0 fully saturated rings. The predicted octanol–water partition coefficient (Wildman–Crippen LogP) is 3.79. The summed E-state index contributed by atoms with van der Waals surface area (Å²) in [6.45, 7) is 5.99. The molecule has 2 aromatic carbocycles. The first kappa shape index (κ1) is 21.5. The molecule has 0 bridgehead atoms. The molecule has 0 heterocycles. The summed E-state index contributed by atoms with van der Waals surface area (Å²) in [6.07, 6.45) is 1.12.